The average Bonchev–Trinajstić information content (AvgIpc) is 2.81. The quantitative estimate of drug-likeness (QED) is 0.867. The van der Waals surface area contributed by atoms with E-state index in [0.717, 1.165) is 6.54 Å². The van der Waals surface area contributed by atoms with Gasteiger partial charge in [-0.1, -0.05) is 0 Å². The number of anilines is 1. The number of rotatable bonds is 6. The van der Waals surface area contributed by atoms with Crippen molar-refractivity contribution in [1.29, 1.82) is 0 Å². The lowest BCUT2D eigenvalue weighted by Crippen LogP contribution is -2.23. The van der Waals surface area contributed by atoms with Gasteiger partial charge < -0.3 is 14.6 Å². The van der Waals surface area contributed by atoms with Gasteiger partial charge in [-0.05, 0) is 25.4 Å². The van der Waals surface area contributed by atoms with Crippen molar-refractivity contribution in [2.24, 2.45) is 0 Å². The Kier molecular flexibility index (Phi) is 4.51. The lowest BCUT2D eigenvalue weighted by molar-refractivity contribution is 0.312. The Labute approximate surface area is 116 Å². The Balaban J connectivity index is 2.01. The van der Waals surface area contributed by atoms with Crippen LogP contribution in [0.2, 0.25) is 5.28 Å². The highest BCUT2D eigenvalue weighted by Crippen LogP contribution is 2.12. The van der Waals surface area contributed by atoms with Crippen LogP contribution >= 0.6 is 11.6 Å². The van der Waals surface area contributed by atoms with Crippen LogP contribution in [0.3, 0.4) is 0 Å². The van der Waals surface area contributed by atoms with Crippen LogP contribution in [0.15, 0.2) is 18.7 Å². The summed E-state index contributed by atoms with van der Waals surface area (Å²) in [6, 6.07) is 0.335. The van der Waals surface area contributed by atoms with Crippen molar-refractivity contribution < 1.29 is 4.74 Å². The Morgan fingerprint density at radius 3 is 2.95 bits per heavy atom. The predicted molar refractivity (Wildman–Crippen MR) is 71.3 cm³/mol. The maximum atomic E-state index is 5.81. The second kappa shape index (κ2) is 6.33. The summed E-state index contributed by atoms with van der Waals surface area (Å²) in [4.78, 5) is 16.0. The molecule has 1 atom stereocenters. The fraction of sp³-hybridized carbons (Fsp3) is 0.455. The lowest BCUT2D eigenvalue weighted by atomic mass is 10.3. The number of ether oxygens (including phenoxy) is 1. The topological polar surface area (TPSA) is 77.8 Å². The molecular weight excluding hydrogens is 268 g/mol. The van der Waals surface area contributed by atoms with Gasteiger partial charge in [0.15, 0.2) is 0 Å². The molecule has 102 valence electrons. The van der Waals surface area contributed by atoms with Gasteiger partial charge in [-0.25, -0.2) is 4.98 Å². The van der Waals surface area contributed by atoms with E-state index >= 15 is 0 Å². The highest BCUT2D eigenvalue weighted by molar-refractivity contribution is 6.28. The SMILES string of the molecule is CCOc1nc(Cl)nc(NC(C)Cn2ccnc2)n1. The average molecular weight is 283 g/mol. The summed E-state index contributed by atoms with van der Waals surface area (Å²) >= 11 is 5.81. The van der Waals surface area contributed by atoms with Gasteiger partial charge in [0, 0.05) is 25.0 Å². The third-order valence-corrected chi connectivity index (χ3v) is 2.45. The number of halogens is 1. The molecule has 2 aromatic heterocycles. The van der Waals surface area contributed by atoms with Gasteiger partial charge in [0.1, 0.15) is 0 Å². The molecule has 0 saturated carbocycles. The number of aromatic nitrogens is 5. The van der Waals surface area contributed by atoms with Crippen LogP contribution in [0.5, 0.6) is 6.01 Å². The second-order valence-electron chi connectivity index (χ2n) is 3.95. The molecule has 0 aliphatic rings. The summed E-state index contributed by atoms with van der Waals surface area (Å²) in [5, 5.41) is 3.25. The lowest BCUT2D eigenvalue weighted by Gasteiger charge is -2.14. The second-order valence-corrected chi connectivity index (χ2v) is 4.29. The molecule has 1 unspecified atom stereocenters. The van der Waals surface area contributed by atoms with Crippen molar-refractivity contribution in [3.05, 3.63) is 24.0 Å². The molecule has 2 heterocycles. The molecule has 0 aliphatic carbocycles. The van der Waals surface area contributed by atoms with E-state index in [1.807, 2.05) is 24.6 Å². The minimum atomic E-state index is 0.107. The van der Waals surface area contributed by atoms with Gasteiger partial charge >= 0.3 is 6.01 Å². The van der Waals surface area contributed by atoms with Gasteiger partial charge in [0.05, 0.1) is 12.9 Å². The van der Waals surface area contributed by atoms with Crippen LogP contribution in [0.25, 0.3) is 0 Å². The zero-order valence-corrected chi connectivity index (χ0v) is 11.5. The van der Waals surface area contributed by atoms with Crippen LogP contribution < -0.4 is 10.1 Å². The molecule has 0 aliphatic heterocycles. The Bertz CT molecular complexity index is 518. The molecule has 1 N–H and O–H groups in total. The zero-order valence-electron chi connectivity index (χ0n) is 10.7. The fourth-order valence-electron chi connectivity index (χ4n) is 1.57. The van der Waals surface area contributed by atoms with Crippen molar-refractivity contribution in [3.63, 3.8) is 0 Å². The number of hydrogen-bond donors (Lipinski definition) is 1. The molecule has 0 fully saturated rings. The van der Waals surface area contributed by atoms with Gasteiger partial charge in [0.2, 0.25) is 11.2 Å². The molecule has 7 nitrogen and oxygen atoms in total. The summed E-state index contributed by atoms with van der Waals surface area (Å²) in [6.45, 7) is 5.09. The number of nitrogens with one attached hydrogen (secondary N) is 1. The monoisotopic (exact) mass is 282 g/mol. The van der Waals surface area contributed by atoms with E-state index < -0.39 is 0 Å². The van der Waals surface area contributed by atoms with Crippen LogP contribution in [0.1, 0.15) is 13.8 Å². The number of nitrogens with zero attached hydrogens (tertiary/aromatic N) is 5. The molecule has 2 rings (SSSR count). The summed E-state index contributed by atoms with van der Waals surface area (Å²) in [6.07, 6.45) is 5.38. The molecule has 0 amide bonds. The standard InChI is InChI=1S/C11H15ClN6O/c1-3-19-11-16-9(12)15-10(17-11)14-8(2)6-18-5-4-13-7-18/h4-5,7-8H,3,6H2,1-2H3,(H,14,15,16,17). The first-order valence-corrected chi connectivity index (χ1v) is 6.32. The molecule has 8 heteroatoms. The van der Waals surface area contributed by atoms with Crippen LogP contribution in [-0.2, 0) is 6.54 Å². The van der Waals surface area contributed by atoms with E-state index in [1.54, 1.807) is 12.5 Å². The maximum Gasteiger partial charge on any atom is 0.322 e. The van der Waals surface area contributed by atoms with Crippen LogP contribution in [0, 0.1) is 0 Å². The maximum absolute atomic E-state index is 5.81. The first kappa shape index (κ1) is 13.5. The van der Waals surface area contributed by atoms with Gasteiger partial charge in [-0.2, -0.15) is 15.0 Å². The van der Waals surface area contributed by atoms with Crippen molar-refractivity contribution in [2.45, 2.75) is 26.4 Å². The van der Waals surface area contributed by atoms with E-state index in [2.05, 4.69) is 25.3 Å². The molecule has 0 saturated heterocycles. The zero-order chi connectivity index (χ0) is 13.7. The summed E-state index contributed by atoms with van der Waals surface area (Å²) < 4.78 is 7.18. The predicted octanol–water partition coefficient (Wildman–Crippen LogP) is 1.62. The molecule has 19 heavy (non-hydrogen) atoms. The Morgan fingerprint density at radius 2 is 2.26 bits per heavy atom. The largest absolute Gasteiger partial charge is 0.464 e. The third-order valence-electron chi connectivity index (χ3n) is 2.28. The molecule has 2 aromatic rings. The van der Waals surface area contributed by atoms with E-state index in [0.29, 0.717) is 12.6 Å². The van der Waals surface area contributed by atoms with Crippen LogP contribution in [-0.4, -0.2) is 37.2 Å². The molecule has 0 spiro atoms. The van der Waals surface area contributed by atoms with Crippen molar-refractivity contribution >= 4 is 17.5 Å². The van der Waals surface area contributed by atoms with Gasteiger partial charge in [-0.3, -0.25) is 0 Å². The molecular formula is C11H15ClN6O. The van der Waals surface area contributed by atoms with Gasteiger partial charge in [0.25, 0.3) is 0 Å². The molecule has 0 bridgehead atoms. The fourth-order valence-corrected chi connectivity index (χ4v) is 1.72. The minimum absolute atomic E-state index is 0.107. The highest BCUT2D eigenvalue weighted by Gasteiger charge is 2.09. The van der Waals surface area contributed by atoms with E-state index in [4.69, 9.17) is 16.3 Å². The number of imidazole rings is 1. The van der Waals surface area contributed by atoms with E-state index in [9.17, 15) is 0 Å². The Hall–Kier alpha value is -1.89. The van der Waals surface area contributed by atoms with Crippen molar-refractivity contribution in [1.82, 2.24) is 24.5 Å². The first-order valence-electron chi connectivity index (χ1n) is 5.94. The van der Waals surface area contributed by atoms with Gasteiger partial charge in [-0.15, -0.1) is 0 Å². The summed E-state index contributed by atoms with van der Waals surface area (Å²) in [5.74, 6) is 0.399. The first-order chi connectivity index (χ1) is 9.17. The number of hydrogen-bond acceptors (Lipinski definition) is 6. The molecule has 0 aromatic carbocycles. The summed E-state index contributed by atoms with van der Waals surface area (Å²) in [7, 11) is 0. The summed E-state index contributed by atoms with van der Waals surface area (Å²) in [5.41, 5.74) is 0. The minimum Gasteiger partial charge on any atom is -0.464 e. The Morgan fingerprint density at radius 1 is 1.42 bits per heavy atom. The van der Waals surface area contributed by atoms with Crippen LogP contribution in [0.4, 0.5) is 5.95 Å². The highest BCUT2D eigenvalue weighted by atomic mass is 35.5. The van der Waals surface area contributed by atoms with Crippen molar-refractivity contribution in [3.8, 4) is 6.01 Å². The van der Waals surface area contributed by atoms with E-state index in [-0.39, 0.29) is 17.3 Å². The smallest absolute Gasteiger partial charge is 0.322 e. The normalized spacial score (nSPS) is 12.2. The van der Waals surface area contributed by atoms with Crippen molar-refractivity contribution in [2.75, 3.05) is 11.9 Å². The van der Waals surface area contributed by atoms with E-state index in [1.165, 1.54) is 0 Å². The molecule has 0 radical (unpaired) electrons. The third kappa shape index (κ3) is 4.06.